The van der Waals surface area contributed by atoms with Gasteiger partial charge in [-0.05, 0) is 69.6 Å². The number of hydrogen-bond donors (Lipinski definition) is 1. The normalized spacial score (nSPS) is 14.3. The number of hydrogen-bond acceptors (Lipinski definition) is 4. The average Bonchev–Trinajstić information content (AvgIpc) is 3.20. The van der Waals surface area contributed by atoms with Crippen LogP contribution in [0.2, 0.25) is 0 Å². The molecule has 6 nitrogen and oxygen atoms in total. The number of aromatic nitrogens is 1. The lowest BCUT2D eigenvalue weighted by atomic mass is 10.1. The maximum Gasteiger partial charge on any atom is 0.207 e. The molecule has 0 atom stereocenters. The molecule has 1 fully saturated rings. The predicted octanol–water partition coefficient (Wildman–Crippen LogP) is 6.89. The lowest BCUT2D eigenvalue weighted by molar-refractivity contribution is -0.109. The number of carbonyl (C=O) groups excluding carboxylic acids is 1. The lowest BCUT2D eigenvalue weighted by Gasteiger charge is -2.21. The highest BCUT2D eigenvalue weighted by Gasteiger charge is 2.15. The predicted molar refractivity (Wildman–Crippen MR) is 183 cm³/mol. The summed E-state index contributed by atoms with van der Waals surface area (Å²) in [4.78, 5) is 14.9. The second-order valence-electron chi connectivity index (χ2n) is 10.7. The summed E-state index contributed by atoms with van der Waals surface area (Å²) in [6.07, 6.45) is 18.6. The van der Waals surface area contributed by atoms with Gasteiger partial charge in [0, 0.05) is 56.6 Å². The number of para-hydroxylation sites is 1. The van der Waals surface area contributed by atoms with E-state index in [-0.39, 0.29) is 5.83 Å². The highest BCUT2D eigenvalue weighted by molar-refractivity contribution is 6.18. The highest BCUT2D eigenvalue weighted by Crippen LogP contribution is 2.29. The number of methoxy groups -OCH3 is 1. The molecule has 1 aliphatic rings. The van der Waals surface area contributed by atoms with Crippen LogP contribution in [0, 0.1) is 26.7 Å². The van der Waals surface area contributed by atoms with Crippen LogP contribution in [-0.2, 0) is 17.9 Å². The fraction of sp³-hybridized carbons (Fsp3) is 0.417. The van der Waals surface area contributed by atoms with E-state index in [1.54, 1.807) is 19.3 Å². The van der Waals surface area contributed by atoms with Crippen molar-refractivity contribution in [3.8, 4) is 18.6 Å². The van der Waals surface area contributed by atoms with Crippen LogP contribution in [0.1, 0.15) is 36.0 Å². The average molecular weight is 623 g/mol. The Balaban J connectivity index is 0.000000434. The Hall–Kier alpha value is -3.57. The maximum atomic E-state index is 13.9. The molecular formula is C36H48ClFN4O2. The summed E-state index contributed by atoms with van der Waals surface area (Å²) in [6.45, 7) is 11.9. The van der Waals surface area contributed by atoms with Crippen molar-refractivity contribution in [1.29, 1.82) is 0 Å². The van der Waals surface area contributed by atoms with Gasteiger partial charge in [0.2, 0.25) is 6.41 Å². The summed E-state index contributed by atoms with van der Waals surface area (Å²) in [7, 11) is 1.74. The van der Waals surface area contributed by atoms with Crippen molar-refractivity contribution in [3.63, 3.8) is 0 Å². The first-order chi connectivity index (χ1) is 21.4. The van der Waals surface area contributed by atoms with E-state index in [1.165, 1.54) is 28.1 Å². The largest absolute Gasteiger partial charge is 0.495 e. The van der Waals surface area contributed by atoms with Gasteiger partial charge in [0.05, 0.1) is 12.6 Å². The quantitative estimate of drug-likeness (QED) is 0.0977. The van der Waals surface area contributed by atoms with Gasteiger partial charge in [-0.25, -0.2) is 4.39 Å². The van der Waals surface area contributed by atoms with E-state index in [9.17, 15) is 9.18 Å². The zero-order valence-electron chi connectivity index (χ0n) is 26.5. The van der Waals surface area contributed by atoms with Crippen LogP contribution in [0.25, 0.3) is 10.9 Å². The number of allylic oxidation sites excluding steroid dienone is 3. The molecule has 1 saturated heterocycles. The molecule has 1 N–H and O–H groups in total. The van der Waals surface area contributed by atoms with Crippen LogP contribution in [0.15, 0.2) is 72.7 Å². The van der Waals surface area contributed by atoms with Gasteiger partial charge in [-0.1, -0.05) is 54.1 Å². The number of terminal acetylenes is 1. The number of carbonyl (C=O) groups is 1. The van der Waals surface area contributed by atoms with Gasteiger partial charge >= 0.3 is 0 Å². The molecule has 0 spiro atoms. The van der Waals surface area contributed by atoms with Gasteiger partial charge in [-0.2, -0.15) is 0 Å². The number of alkyl halides is 1. The van der Waals surface area contributed by atoms with E-state index in [0.29, 0.717) is 25.3 Å². The molecule has 2 aromatic carbocycles. The van der Waals surface area contributed by atoms with Gasteiger partial charge in [-0.15, -0.1) is 24.4 Å². The van der Waals surface area contributed by atoms with Gasteiger partial charge in [-0.3, -0.25) is 4.79 Å². The van der Waals surface area contributed by atoms with Crippen molar-refractivity contribution in [2.45, 2.75) is 46.2 Å². The summed E-state index contributed by atoms with van der Waals surface area (Å²) in [5, 5.41) is 3.88. The van der Waals surface area contributed by atoms with Crippen LogP contribution in [0.5, 0.6) is 5.75 Å². The van der Waals surface area contributed by atoms with Gasteiger partial charge < -0.3 is 24.4 Å². The number of aryl methyl sites for hydroxylation is 3. The summed E-state index contributed by atoms with van der Waals surface area (Å²) in [6, 6.07) is 14.3. The van der Waals surface area contributed by atoms with Crippen LogP contribution >= 0.6 is 11.6 Å². The topological polar surface area (TPSA) is 49.7 Å². The molecule has 0 radical (unpaired) electrons. The highest BCUT2D eigenvalue weighted by atomic mass is 35.5. The molecule has 8 heteroatoms. The molecule has 3 aromatic rings. The maximum absolute atomic E-state index is 13.9. The molecule has 2 heterocycles. The summed E-state index contributed by atoms with van der Waals surface area (Å²) in [5.74, 6) is 1.28. The SMILES string of the molecule is C#C.COc1cccc2c(C)cn(CCCN3CCCN(CC/C(F)=C\C=C/CCl)CC3)c12.Cc1cccc(CNC=O)c1. The molecule has 0 unspecified atom stereocenters. The number of ether oxygens (including phenoxy) is 1. The molecule has 0 saturated carbocycles. The van der Waals surface area contributed by atoms with Crippen molar-refractivity contribution in [3.05, 3.63) is 89.4 Å². The smallest absolute Gasteiger partial charge is 0.207 e. The second kappa shape index (κ2) is 21.2. The zero-order valence-corrected chi connectivity index (χ0v) is 27.2. The number of nitrogens with zero attached hydrogens (tertiary/aromatic N) is 3. The Kier molecular flexibility index (Phi) is 17.6. The molecule has 0 bridgehead atoms. The standard InChI is InChI=1S/C25H35ClFN3O.C9H11NO.C2H2/c1-21-20-30(25-23(21)9-5-10-24(25)31-2)16-7-15-28-13-6-14-29(19-18-28)17-11-22(27)8-3-4-12-26;1-8-3-2-4-9(5-8)6-10-7-11;1-2/h3-5,8-10,20H,6-7,11-19H2,1-2H3;2-5,7H,6H2,1H3,(H,10,11);1-2H/b4-3-,22-8+;;. The summed E-state index contributed by atoms with van der Waals surface area (Å²) < 4.78 is 21.8. The number of nitrogens with one attached hydrogen (secondary N) is 1. The fourth-order valence-corrected chi connectivity index (χ4v) is 5.44. The number of rotatable bonds is 13. The minimum absolute atomic E-state index is 0.0767. The second-order valence-corrected chi connectivity index (χ2v) is 11.0. The summed E-state index contributed by atoms with van der Waals surface area (Å²) >= 11 is 5.57. The van der Waals surface area contributed by atoms with Crippen molar-refractivity contribution < 1.29 is 13.9 Å². The number of halogens is 2. The minimum atomic E-state index is -0.0767. The molecule has 0 aliphatic carbocycles. The molecular weight excluding hydrogens is 575 g/mol. The Morgan fingerprint density at radius 3 is 2.45 bits per heavy atom. The Morgan fingerprint density at radius 2 is 1.77 bits per heavy atom. The van der Waals surface area contributed by atoms with Crippen LogP contribution in [0.3, 0.4) is 0 Å². The van der Waals surface area contributed by atoms with Gasteiger partial charge in [0.25, 0.3) is 0 Å². The van der Waals surface area contributed by atoms with Crippen LogP contribution in [0.4, 0.5) is 4.39 Å². The summed E-state index contributed by atoms with van der Waals surface area (Å²) in [5.41, 5.74) is 4.84. The minimum Gasteiger partial charge on any atom is -0.495 e. The van der Waals surface area contributed by atoms with E-state index in [4.69, 9.17) is 16.3 Å². The Bertz CT molecular complexity index is 1350. The third-order valence-corrected chi connectivity index (χ3v) is 7.65. The van der Waals surface area contributed by atoms with E-state index in [2.05, 4.69) is 63.9 Å². The fourth-order valence-electron chi connectivity index (χ4n) is 5.34. The lowest BCUT2D eigenvalue weighted by Crippen LogP contribution is -2.32. The number of amides is 1. The zero-order chi connectivity index (χ0) is 32.2. The van der Waals surface area contributed by atoms with Gasteiger partial charge in [0.15, 0.2) is 0 Å². The monoisotopic (exact) mass is 622 g/mol. The molecule has 4 rings (SSSR count). The first kappa shape index (κ1) is 36.6. The van der Waals surface area contributed by atoms with E-state index < -0.39 is 0 Å². The Morgan fingerprint density at radius 1 is 1.05 bits per heavy atom. The van der Waals surface area contributed by atoms with E-state index in [1.807, 2.05) is 31.2 Å². The van der Waals surface area contributed by atoms with Crippen LogP contribution in [-0.4, -0.2) is 73.0 Å². The first-order valence-corrected chi connectivity index (χ1v) is 15.7. The third kappa shape index (κ3) is 12.6. The molecule has 1 aromatic heterocycles. The van der Waals surface area contributed by atoms with Crippen molar-refractivity contribution in [1.82, 2.24) is 19.7 Å². The first-order valence-electron chi connectivity index (χ1n) is 15.2. The molecule has 1 aliphatic heterocycles. The number of benzene rings is 2. The molecule has 44 heavy (non-hydrogen) atoms. The van der Waals surface area contributed by atoms with Crippen molar-refractivity contribution >= 4 is 28.9 Å². The van der Waals surface area contributed by atoms with Crippen molar-refractivity contribution in [2.24, 2.45) is 0 Å². The third-order valence-electron chi connectivity index (χ3n) is 7.48. The Labute approximate surface area is 268 Å². The number of fused-ring (bicyclic) bond motifs is 1. The van der Waals surface area contributed by atoms with E-state index >= 15 is 0 Å². The van der Waals surface area contributed by atoms with E-state index in [0.717, 1.165) is 70.0 Å². The van der Waals surface area contributed by atoms with Crippen molar-refractivity contribution in [2.75, 3.05) is 52.3 Å². The molecule has 238 valence electrons. The van der Waals surface area contributed by atoms with Crippen LogP contribution < -0.4 is 10.1 Å². The van der Waals surface area contributed by atoms with Gasteiger partial charge in [0.1, 0.15) is 11.6 Å². The molecule has 1 amide bonds.